The summed E-state index contributed by atoms with van der Waals surface area (Å²) in [6.07, 6.45) is 1.39. The van der Waals surface area contributed by atoms with E-state index in [2.05, 4.69) is 22.0 Å². The molecule has 1 saturated heterocycles. The van der Waals surface area contributed by atoms with Gasteiger partial charge in [0.2, 0.25) is 0 Å². The Morgan fingerprint density at radius 1 is 1.10 bits per heavy atom. The van der Waals surface area contributed by atoms with Crippen molar-refractivity contribution in [3.8, 4) is 40.3 Å². The van der Waals surface area contributed by atoms with E-state index in [4.69, 9.17) is 30.4 Å². The monoisotopic (exact) mass is 664 g/mol. The average molecular weight is 665 g/mol. The fourth-order valence-corrected chi connectivity index (χ4v) is 6.52. The summed E-state index contributed by atoms with van der Waals surface area (Å²) in [5.41, 5.74) is 11.2. The van der Waals surface area contributed by atoms with Crippen molar-refractivity contribution in [2.24, 2.45) is 18.7 Å². The SMILES string of the molecule is COc1cc(C(=O)N2C[C@H](N)C[C@@H](F)C2)cc2nc(-c3cc4ccc(-c5ccc(OCC(=O)NCC#N)cc5)nc4n3CC3CC3)n(C)c12. The molecule has 1 saturated carbocycles. The molecule has 3 N–H and O–H groups in total. The van der Waals surface area contributed by atoms with Crippen LogP contribution in [0.5, 0.6) is 11.5 Å². The van der Waals surface area contributed by atoms with E-state index >= 15 is 0 Å². The van der Waals surface area contributed by atoms with Crippen LogP contribution in [0.3, 0.4) is 0 Å². The van der Waals surface area contributed by atoms with Crippen LogP contribution in [0.4, 0.5) is 4.39 Å². The summed E-state index contributed by atoms with van der Waals surface area (Å²) in [5.74, 6) is 1.63. The minimum atomic E-state index is -1.16. The quantitative estimate of drug-likeness (QED) is 0.211. The van der Waals surface area contributed by atoms with Gasteiger partial charge in [-0.15, -0.1) is 0 Å². The molecule has 1 aliphatic carbocycles. The molecular weight excluding hydrogens is 627 g/mol. The van der Waals surface area contributed by atoms with E-state index in [1.165, 1.54) is 4.90 Å². The van der Waals surface area contributed by atoms with Gasteiger partial charge in [-0.3, -0.25) is 9.59 Å². The first kappa shape index (κ1) is 32.1. The molecule has 5 aromatic rings. The number of carbonyl (C=O) groups is 2. The molecule has 0 spiro atoms. The fourth-order valence-electron chi connectivity index (χ4n) is 6.52. The number of piperidine rings is 1. The predicted octanol–water partition coefficient (Wildman–Crippen LogP) is 4.21. The highest BCUT2D eigenvalue weighted by Crippen LogP contribution is 2.38. The van der Waals surface area contributed by atoms with Crippen molar-refractivity contribution in [2.75, 3.05) is 33.4 Å². The molecule has 2 amide bonds. The first-order valence-corrected chi connectivity index (χ1v) is 16.3. The number of aromatic nitrogens is 4. The number of nitrogens with two attached hydrogens (primary N) is 1. The third kappa shape index (κ3) is 6.51. The molecular formula is C36H37FN8O4. The van der Waals surface area contributed by atoms with Crippen LogP contribution in [-0.4, -0.2) is 81.4 Å². The Hall–Kier alpha value is -5.48. The number of hydrogen-bond acceptors (Lipinski definition) is 8. The number of imidazole rings is 1. The van der Waals surface area contributed by atoms with Gasteiger partial charge in [-0.25, -0.2) is 14.4 Å². The third-order valence-electron chi connectivity index (χ3n) is 9.12. The van der Waals surface area contributed by atoms with Crippen LogP contribution in [0.25, 0.3) is 44.8 Å². The van der Waals surface area contributed by atoms with Crippen molar-refractivity contribution in [2.45, 2.75) is 38.0 Å². The highest BCUT2D eigenvalue weighted by Gasteiger charge is 2.30. The standard InChI is InChI=1S/C36H37FN8O4/c1-43-33-29(13-24(15-31(33)48-2)36(47)44-18-25(37)16-26(39)19-44)42-35(43)30-14-23-7-10-28(41-34(23)45(30)17-21-3-4-21)22-5-8-27(9-6-22)49-20-32(46)40-12-11-38/h5-10,13-15,21,25-26H,3-4,12,16-20,39H2,1-2H3,(H,40,46)/t25-,26-/m1/s1. The van der Waals surface area contributed by atoms with Crippen molar-refractivity contribution >= 4 is 33.9 Å². The highest BCUT2D eigenvalue weighted by molar-refractivity contribution is 6.00. The van der Waals surface area contributed by atoms with Crippen LogP contribution in [0.2, 0.25) is 0 Å². The Morgan fingerprint density at radius 3 is 2.61 bits per heavy atom. The van der Waals surface area contributed by atoms with Gasteiger partial charge in [0.25, 0.3) is 11.8 Å². The number of hydrogen-bond donors (Lipinski definition) is 2. The minimum Gasteiger partial charge on any atom is -0.494 e. The molecule has 2 fully saturated rings. The van der Waals surface area contributed by atoms with Crippen molar-refractivity contribution in [1.29, 1.82) is 5.26 Å². The van der Waals surface area contributed by atoms with Gasteiger partial charge in [0.1, 0.15) is 35.4 Å². The maximum absolute atomic E-state index is 14.3. The number of rotatable bonds is 10. The van der Waals surface area contributed by atoms with Crippen molar-refractivity contribution in [3.05, 3.63) is 60.2 Å². The second-order valence-electron chi connectivity index (χ2n) is 12.8. The lowest BCUT2D eigenvalue weighted by molar-refractivity contribution is -0.122. The summed E-state index contributed by atoms with van der Waals surface area (Å²) in [6, 6.07) is 18.4. The molecule has 252 valence electrons. The summed E-state index contributed by atoms with van der Waals surface area (Å²) in [7, 11) is 3.49. The van der Waals surface area contributed by atoms with Gasteiger partial charge in [0, 0.05) is 42.7 Å². The van der Waals surface area contributed by atoms with E-state index in [-0.39, 0.29) is 37.9 Å². The van der Waals surface area contributed by atoms with Gasteiger partial charge in [-0.2, -0.15) is 5.26 Å². The topological polar surface area (TPSA) is 153 Å². The molecule has 0 bridgehead atoms. The van der Waals surface area contributed by atoms with Gasteiger partial charge in [0.15, 0.2) is 12.4 Å². The summed E-state index contributed by atoms with van der Waals surface area (Å²) in [4.78, 5) is 36.9. The van der Waals surface area contributed by atoms with E-state index in [9.17, 15) is 14.0 Å². The normalized spacial score (nSPS) is 17.7. The maximum atomic E-state index is 14.3. The van der Waals surface area contributed by atoms with Gasteiger partial charge in [-0.05, 0) is 79.8 Å². The van der Waals surface area contributed by atoms with E-state index in [0.717, 1.165) is 52.9 Å². The number of fused-ring (bicyclic) bond motifs is 2. The number of pyridine rings is 1. The Labute approximate surface area is 282 Å². The highest BCUT2D eigenvalue weighted by atomic mass is 19.1. The summed E-state index contributed by atoms with van der Waals surface area (Å²) >= 11 is 0. The zero-order valence-corrected chi connectivity index (χ0v) is 27.4. The molecule has 3 aromatic heterocycles. The van der Waals surface area contributed by atoms with Crippen molar-refractivity contribution in [1.82, 2.24) is 29.3 Å². The first-order valence-electron chi connectivity index (χ1n) is 16.3. The zero-order chi connectivity index (χ0) is 34.2. The summed E-state index contributed by atoms with van der Waals surface area (Å²) in [6.45, 7) is 0.853. The largest absolute Gasteiger partial charge is 0.494 e. The Morgan fingerprint density at radius 2 is 1.90 bits per heavy atom. The molecule has 13 heteroatoms. The van der Waals surface area contributed by atoms with Crippen LogP contribution in [0.1, 0.15) is 29.6 Å². The lowest BCUT2D eigenvalue weighted by atomic mass is 10.0. The number of methoxy groups -OCH3 is 1. The van der Waals surface area contributed by atoms with Crippen molar-refractivity contribution < 1.29 is 23.5 Å². The van der Waals surface area contributed by atoms with Gasteiger partial charge in [-0.1, -0.05) is 0 Å². The molecule has 7 rings (SSSR count). The summed E-state index contributed by atoms with van der Waals surface area (Å²) in [5, 5.41) is 12.0. The number of likely N-dealkylation sites (tertiary alicyclic amines) is 1. The number of nitriles is 1. The van der Waals surface area contributed by atoms with E-state index in [1.807, 2.05) is 35.9 Å². The molecule has 2 atom stereocenters. The molecule has 4 heterocycles. The number of nitrogens with one attached hydrogen (secondary N) is 1. The van der Waals surface area contributed by atoms with Crippen LogP contribution < -0.4 is 20.5 Å². The minimum absolute atomic E-state index is 0.0114. The number of amides is 2. The number of nitrogens with zero attached hydrogens (tertiary/aromatic N) is 6. The van der Waals surface area contributed by atoms with Crippen LogP contribution in [0.15, 0.2) is 54.6 Å². The van der Waals surface area contributed by atoms with E-state index in [1.54, 1.807) is 31.4 Å². The number of halogens is 1. The van der Waals surface area contributed by atoms with Crippen LogP contribution >= 0.6 is 0 Å². The predicted molar refractivity (Wildman–Crippen MR) is 182 cm³/mol. The number of benzene rings is 2. The first-order chi connectivity index (χ1) is 23.7. The van der Waals surface area contributed by atoms with Gasteiger partial charge in [0.05, 0.1) is 36.6 Å². The van der Waals surface area contributed by atoms with Gasteiger partial charge >= 0.3 is 0 Å². The molecule has 1 aliphatic heterocycles. The molecule has 0 unspecified atom stereocenters. The molecule has 0 radical (unpaired) electrons. The molecule has 12 nitrogen and oxygen atoms in total. The molecule has 2 aliphatic rings. The number of alkyl halides is 1. The molecule has 2 aromatic carbocycles. The second kappa shape index (κ2) is 13.2. The second-order valence-corrected chi connectivity index (χ2v) is 12.8. The lowest BCUT2D eigenvalue weighted by Crippen LogP contribution is -2.50. The van der Waals surface area contributed by atoms with Crippen molar-refractivity contribution in [3.63, 3.8) is 0 Å². The van der Waals surface area contributed by atoms with Gasteiger partial charge < -0.3 is 34.6 Å². The van der Waals surface area contributed by atoms with E-state index < -0.39 is 12.2 Å². The third-order valence-corrected chi connectivity index (χ3v) is 9.12. The smallest absolute Gasteiger partial charge is 0.258 e. The maximum Gasteiger partial charge on any atom is 0.258 e. The van der Waals surface area contributed by atoms with Crippen LogP contribution in [-0.2, 0) is 18.4 Å². The van der Waals surface area contributed by atoms with E-state index in [0.29, 0.717) is 40.9 Å². The number of aryl methyl sites for hydroxylation is 1. The summed E-state index contributed by atoms with van der Waals surface area (Å²) < 4.78 is 29.8. The lowest BCUT2D eigenvalue weighted by Gasteiger charge is -2.33. The average Bonchev–Trinajstić information content (AvgIpc) is 3.77. The molecule has 49 heavy (non-hydrogen) atoms. The Balaban J connectivity index is 1.22. The number of ether oxygens (including phenoxy) is 2. The number of carbonyl (C=O) groups excluding carboxylic acids is 2. The Kier molecular flexibility index (Phi) is 8.64. The Bertz CT molecular complexity index is 2090. The fraction of sp³-hybridized carbons (Fsp3) is 0.361. The van der Waals surface area contributed by atoms with Crippen LogP contribution in [0, 0.1) is 17.2 Å². The zero-order valence-electron chi connectivity index (χ0n) is 27.4.